The number of nitrogens with one attached hydrogen (secondary N) is 1. The molecule has 1 aromatic carbocycles. The summed E-state index contributed by atoms with van der Waals surface area (Å²) in [6.45, 7) is 3.69. The number of ether oxygens (including phenoxy) is 1. The predicted molar refractivity (Wildman–Crippen MR) is 115 cm³/mol. The largest absolute Gasteiger partial charge is 0.451 e. The lowest BCUT2D eigenvalue weighted by Crippen LogP contribution is -2.29. The quantitative estimate of drug-likeness (QED) is 0.734. The average Bonchev–Trinajstić information content (AvgIpc) is 3.34. The van der Waals surface area contributed by atoms with E-state index in [-0.39, 0.29) is 12.3 Å². The number of carbonyl (C=O) groups is 2. The molecule has 1 N–H and O–H groups in total. The van der Waals surface area contributed by atoms with Gasteiger partial charge in [0.25, 0.3) is 5.91 Å². The highest BCUT2D eigenvalue weighted by Gasteiger charge is 2.17. The molecule has 3 heterocycles. The molecule has 30 heavy (non-hydrogen) atoms. The van der Waals surface area contributed by atoms with E-state index in [1.54, 1.807) is 12.1 Å². The summed E-state index contributed by atoms with van der Waals surface area (Å²) < 4.78 is 5.07. The predicted octanol–water partition coefficient (Wildman–Crippen LogP) is 2.86. The van der Waals surface area contributed by atoms with Crippen molar-refractivity contribution in [3.63, 3.8) is 0 Å². The maximum atomic E-state index is 12.1. The number of benzene rings is 1. The molecular weight excluding hydrogens is 382 g/mol. The lowest BCUT2D eigenvalue weighted by Gasteiger charge is -2.28. The van der Waals surface area contributed by atoms with Crippen LogP contribution in [0.5, 0.6) is 0 Å². The molecule has 1 aromatic heterocycles. The van der Waals surface area contributed by atoms with Crippen LogP contribution < -0.4 is 15.1 Å². The Hall–Kier alpha value is -3.16. The Kier molecular flexibility index (Phi) is 6.41. The van der Waals surface area contributed by atoms with Crippen molar-refractivity contribution in [3.8, 4) is 0 Å². The van der Waals surface area contributed by atoms with Gasteiger partial charge in [-0.15, -0.1) is 10.2 Å². The number of esters is 1. The van der Waals surface area contributed by atoms with Crippen LogP contribution in [0, 0.1) is 0 Å². The monoisotopic (exact) mass is 409 g/mol. The number of rotatable bonds is 6. The van der Waals surface area contributed by atoms with Crippen LogP contribution in [-0.2, 0) is 9.53 Å². The summed E-state index contributed by atoms with van der Waals surface area (Å²) in [6.07, 6.45) is 6.01. The first-order valence-electron chi connectivity index (χ1n) is 10.6. The summed E-state index contributed by atoms with van der Waals surface area (Å²) in [4.78, 5) is 28.7. The van der Waals surface area contributed by atoms with Crippen molar-refractivity contribution >= 4 is 29.1 Å². The summed E-state index contributed by atoms with van der Waals surface area (Å²) in [5, 5.41) is 10.8. The van der Waals surface area contributed by atoms with E-state index in [9.17, 15) is 9.59 Å². The van der Waals surface area contributed by atoms with Crippen LogP contribution in [-0.4, -0.2) is 54.9 Å². The van der Waals surface area contributed by atoms with Gasteiger partial charge >= 0.3 is 5.97 Å². The van der Waals surface area contributed by atoms with E-state index < -0.39 is 11.9 Å². The molecule has 0 saturated carbocycles. The van der Waals surface area contributed by atoms with Gasteiger partial charge in [0.05, 0.1) is 0 Å². The summed E-state index contributed by atoms with van der Waals surface area (Å²) >= 11 is 0. The summed E-state index contributed by atoms with van der Waals surface area (Å²) in [5.74, 6) is -0.295. The van der Waals surface area contributed by atoms with Crippen molar-refractivity contribution in [2.45, 2.75) is 32.1 Å². The minimum Gasteiger partial charge on any atom is -0.451 e. The van der Waals surface area contributed by atoms with Crippen LogP contribution in [0.25, 0.3) is 0 Å². The van der Waals surface area contributed by atoms with Crippen molar-refractivity contribution in [3.05, 3.63) is 42.1 Å². The SMILES string of the molecule is O=C(COC(=O)c1ccc(N2CCCC2)nn1)Nc1ccc(N2CCCCC2)cc1. The molecule has 8 nitrogen and oxygen atoms in total. The number of anilines is 3. The van der Waals surface area contributed by atoms with E-state index in [0.717, 1.165) is 50.5 Å². The average molecular weight is 409 g/mol. The van der Waals surface area contributed by atoms with Crippen molar-refractivity contribution in [1.29, 1.82) is 0 Å². The zero-order chi connectivity index (χ0) is 20.8. The Balaban J connectivity index is 1.24. The number of carbonyl (C=O) groups excluding carboxylic acids is 2. The molecule has 0 atom stereocenters. The Morgan fingerprint density at radius 2 is 1.50 bits per heavy atom. The van der Waals surface area contributed by atoms with Crippen LogP contribution in [0.15, 0.2) is 36.4 Å². The lowest BCUT2D eigenvalue weighted by molar-refractivity contribution is -0.119. The first kappa shape index (κ1) is 20.1. The number of aromatic nitrogens is 2. The smallest absolute Gasteiger partial charge is 0.359 e. The summed E-state index contributed by atoms with van der Waals surface area (Å²) in [7, 11) is 0. The van der Waals surface area contributed by atoms with E-state index in [4.69, 9.17) is 4.74 Å². The molecule has 1 amide bonds. The standard InChI is InChI=1S/C22H27N5O3/c28-21(23-17-6-8-18(9-7-17)26-12-2-1-3-13-26)16-30-22(29)19-10-11-20(25-24-19)27-14-4-5-15-27/h6-11H,1-5,12-16H2,(H,23,28). The second-order valence-electron chi connectivity index (χ2n) is 7.69. The second-order valence-corrected chi connectivity index (χ2v) is 7.69. The van der Waals surface area contributed by atoms with Gasteiger partial charge in [0.15, 0.2) is 18.1 Å². The van der Waals surface area contributed by atoms with Gasteiger partial charge in [-0.2, -0.15) is 0 Å². The van der Waals surface area contributed by atoms with Crippen LogP contribution in [0.1, 0.15) is 42.6 Å². The zero-order valence-corrected chi connectivity index (χ0v) is 17.0. The summed E-state index contributed by atoms with van der Waals surface area (Å²) in [5.41, 5.74) is 1.93. The number of amides is 1. The summed E-state index contributed by atoms with van der Waals surface area (Å²) in [6, 6.07) is 11.1. The van der Waals surface area contributed by atoms with E-state index in [2.05, 4.69) is 25.3 Å². The van der Waals surface area contributed by atoms with E-state index in [0.29, 0.717) is 5.69 Å². The number of hydrogen-bond donors (Lipinski definition) is 1. The maximum absolute atomic E-state index is 12.1. The highest BCUT2D eigenvalue weighted by Crippen LogP contribution is 2.22. The van der Waals surface area contributed by atoms with Crippen molar-refractivity contribution in [1.82, 2.24) is 10.2 Å². The van der Waals surface area contributed by atoms with Gasteiger partial charge in [0.1, 0.15) is 0 Å². The first-order chi connectivity index (χ1) is 14.7. The zero-order valence-electron chi connectivity index (χ0n) is 17.0. The molecule has 8 heteroatoms. The molecule has 4 rings (SSSR count). The minimum absolute atomic E-state index is 0.0941. The van der Waals surface area contributed by atoms with Crippen molar-refractivity contribution in [2.24, 2.45) is 0 Å². The topological polar surface area (TPSA) is 87.7 Å². The molecule has 2 aromatic rings. The second kappa shape index (κ2) is 9.56. The van der Waals surface area contributed by atoms with Gasteiger partial charge in [-0.05, 0) is 68.5 Å². The van der Waals surface area contributed by atoms with Gasteiger partial charge in [-0.25, -0.2) is 4.79 Å². The Bertz CT molecular complexity index is 857. The molecule has 0 spiro atoms. The van der Waals surface area contributed by atoms with E-state index in [1.807, 2.05) is 24.3 Å². The molecule has 2 saturated heterocycles. The Morgan fingerprint density at radius 1 is 0.833 bits per heavy atom. The fourth-order valence-electron chi connectivity index (χ4n) is 3.86. The molecule has 158 valence electrons. The van der Waals surface area contributed by atoms with Crippen LogP contribution >= 0.6 is 0 Å². The van der Waals surface area contributed by atoms with Crippen molar-refractivity contribution in [2.75, 3.05) is 47.9 Å². The molecule has 0 radical (unpaired) electrons. The molecule has 0 unspecified atom stereocenters. The molecule has 0 aliphatic carbocycles. The van der Waals surface area contributed by atoms with E-state index >= 15 is 0 Å². The highest BCUT2D eigenvalue weighted by molar-refractivity contribution is 5.94. The lowest BCUT2D eigenvalue weighted by atomic mass is 10.1. The van der Waals surface area contributed by atoms with Gasteiger partial charge in [-0.3, -0.25) is 4.79 Å². The minimum atomic E-state index is -0.661. The van der Waals surface area contributed by atoms with Crippen LogP contribution in [0.4, 0.5) is 17.2 Å². The van der Waals surface area contributed by atoms with Gasteiger partial charge in [0, 0.05) is 37.6 Å². The fraction of sp³-hybridized carbons (Fsp3) is 0.455. The van der Waals surface area contributed by atoms with Crippen molar-refractivity contribution < 1.29 is 14.3 Å². The molecule has 2 fully saturated rings. The maximum Gasteiger partial charge on any atom is 0.359 e. The van der Waals surface area contributed by atoms with Crippen LogP contribution in [0.3, 0.4) is 0 Å². The third-order valence-electron chi connectivity index (χ3n) is 5.50. The Labute approximate surface area is 176 Å². The normalized spacial score (nSPS) is 16.4. The number of hydrogen-bond acceptors (Lipinski definition) is 7. The van der Waals surface area contributed by atoms with Crippen LogP contribution in [0.2, 0.25) is 0 Å². The van der Waals surface area contributed by atoms with Gasteiger partial charge in [0.2, 0.25) is 0 Å². The van der Waals surface area contributed by atoms with Gasteiger partial charge in [-0.1, -0.05) is 0 Å². The molecule has 0 bridgehead atoms. The third-order valence-corrected chi connectivity index (χ3v) is 5.50. The third kappa shape index (κ3) is 5.06. The number of nitrogens with zero attached hydrogens (tertiary/aromatic N) is 4. The number of piperidine rings is 1. The highest BCUT2D eigenvalue weighted by atomic mass is 16.5. The van der Waals surface area contributed by atoms with E-state index in [1.165, 1.54) is 19.3 Å². The first-order valence-corrected chi connectivity index (χ1v) is 10.6. The molecule has 2 aliphatic heterocycles. The fourth-order valence-corrected chi connectivity index (χ4v) is 3.86. The molecular formula is C22H27N5O3. The Morgan fingerprint density at radius 3 is 2.17 bits per heavy atom. The molecule has 2 aliphatic rings. The van der Waals surface area contributed by atoms with Gasteiger partial charge < -0.3 is 19.9 Å².